The van der Waals surface area contributed by atoms with Gasteiger partial charge in [0, 0.05) is 59.7 Å². The molecule has 0 spiro atoms. The van der Waals surface area contributed by atoms with E-state index >= 15 is 8.78 Å². The molecule has 3 aromatic heterocycles. The summed E-state index contributed by atoms with van der Waals surface area (Å²) in [6, 6.07) is 9.64. The van der Waals surface area contributed by atoms with Gasteiger partial charge in [0.15, 0.2) is 5.78 Å². The number of aliphatic hydroxyl groups excluding tert-OH is 1. The maximum absolute atomic E-state index is 15.4. The summed E-state index contributed by atoms with van der Waals surface area (Å²) in [5, 5.41) is 19.2. The lowest BCUT2D eigenvalue weighted by atomic mass is 9.86. The van der Waals surface area contributed by atoms with E-state index in [1.807, 2.05) is 0 Å². The van der Waals surface area contributed by atoms with E-state index in [-0.39, 0.29) is 47.7 Å². The van der Waals surface area contributed by atoms with E-state index < -0.39 is 86.8 Å². The van der Waals surface area contributed by atoms with E-state index in [4.69, 9.17) is 16.6 Å². The second-order valence-electron chi connectivity index (χ2n) is 15.6. The van der Waals surface area contributed by atoms with Crippen LogP contribution >= 0.6 is 11.6 Å². The summed E-state index contributed by atoms with van der Waals surface area (Å²) < 4.78 is 103. The van der Waals surface area contributed by atoms with Crippen molar-refractivity contribution >= 4 is 43.7 Å². The number of alkyl halides is 4. The minimum Gasteiger partial charge on any atom is -0.395 e. The van der Waals surface area contributed by atoms with Gasteiger partial charge in [-0.15, -0.1) is 0 Å². The number of aryl methyl sites for hydroxylation is 1. The Hall–Kier alpha value is -4.65. The number of benzene rings is 2. The van der Waals surface area contributed by atoms with Gasteiger partial charge in [0.05, 0.1) is 39.7 Å². The third kappa shape index (κ3) is 7.36. The average Bonchev–Trinajstić information content (AvgIpc) is 4.01. The van der Waals surface area contributed by atoms with Gasteiger partial charge in [-0.2, -0.15) is 19.0 Å². The molecule has 3 aliphatic carbocycles. The lowest BCUT2D eigenvalue weighted by Crippen LogP contribution is -2.24. The molecule has 4 atom stereocenters. The van der Waals surface area contributed by atoms with Crippen molar-refractivity contribution in [3.8, 4) is 23.0 Å². The van der Waals surface area contributed by atoms with E-state index in [0.717, 1.165) is 12.1 Å². The standard InChI is InChI=1S/C41H36ClF6N5O3S/c1-52-37-28(6-7-31(42)34(37)32(50-52)19-57(2,3)56)27-5-4-25(8-9-40(20-54)10-11-40)49-35(27)22(12-21-13-23(43)16-24(44)14-21)15-26(55)18-53-38-33(36(51-53)39(45)46)29-17-30(29)41(38,47)48/h4-7,13-14,16,22,29-30,39,54H,2,10-12,15,17-20H2,1,3H3/t22-,29+,30-,57?/m1/s1. The van der Waals surface area contributed by atoms with Gasteiger partial charge in [0.1, 0.15) is 35.3 Å². The Morgan fingerprint density at radius 3 is 2.44 bits per heavy atom. The minimum atomic E-state index is -3.45. The van der Waals surface area contributed by atoms with E-state index in [1.165, 1.54) is 6.26 Å². The van der Waals surface area contributed by atoms with Gasteiger partial charge in [-0.25, -0.2) is 22.5 Å². The lowest BCUT2D eigenvalue weighted by Gasteiger charge is -2.21. The van der Waals surface area contributed by atoms with Crippen LogP contribution in [0.4, 0.5) is 26.3 Å². The lowest BCUT2D eigenvalue weighted by molar-refractivity contribution is -0.120. The van der Waals surface area contributed by atoms with Crippen LogP contribution in [0.1, 0.15) is 83.5 Å². The molecule has 8 nitrogen and oxygen atoms in total. The summed E-state index contributed by atoms with van der Waals surface area (Å²) in [4.78, 5) is 19.0. The van der Waals surface area contributed by atoms with Crippen LogP contribution in [0.25, 0.3) is 22.0 Å². The monoisotopic (exact) mass is 827 g/mol. The SMILES string of the molecule is C=S(C)(=O)Cc1nn(C)c2c(-c3ccc(C#CC4(CO)CC4)nc3[C@@H](CC(=O)Cn3nc(C(F)F)c4c3C(F)(F)[C@@H]3C[C@H]43)Cc3cc(F)cc(F)c3)ccc(Cl)c12. The maximum Gasteiger partial charge on any atom is 0.293 e. The predicted molar refractivity (Wildman–Crippen MR) is 204 cm³/mol. The predicted octanol–water partition coefficient (Wildman–Crippen LogP) is 7.87. The van der Waals surface area contributed by atoms with Crippen LogP contribution in [-0.2, 0) is 46.0 Å². The Kier molecular flexibility index (Phi) is 9.64. The third-order valence-electron chi connectivity index (χ3n) is 11.0. The maximum atomic E-state index is 15.4. The van der Waals surface area contributed by atoms with Crippen LogP contribution in [0.3, 0.4) is 0 Å². The number of Topliss-reactive ketones (excluding diaryl/α,β-unsaturated/α-hetero) is 1. The molecule has 2 saturated carbocycles. The number of nitrogens with zero attached hydrogens (tertiary/aromatic N) is 5. The van der Waals surface area contributed by atoms with E-state index in [0.29, 0.717) is 56.3 Å². The molecule has 0 amide bonds. The molecule has 0 bridgehead atoms. The van der Waals surface area contributed by atoms with Crippen molar-refractivity contribution in [3.63, 3.8) is 0 Å². The van der Waals surface area contributed by atoms with Crippen LogP contribution in [0.2, 0.25) is 5.02 Å². The second-order valence-corrected chi connectivity index (χ2v) is 18.7. The quantitative estimate of drug-likeness (QED) is 0.0781. The molecule has 8 rings (SSSR count). The summed E-state index contributed by atoms with van der Waals surface area (Å²) in [6.07, 6.45) is -0.777. The van der Waals surface area contributed by atoms with E-state index in [2.05, 4.69) is 27.9 Å². The molecule has 298 valence electrons. The molecular formula is C41H36ClF6N5O3S. The van der Waals surface area contributed by atoms with Crippen LogP contribution in [0.5, 0.6) is 0 Å². The molecule has 57 heavy (non-hydrogen) atoms. The highest BCUT2D eigenvalue weighted by Gasteiger charge is 2.67. The van der Waals surface area contributed by atoms with Gasteiger partial charge in [-0.05, 0) is 88.8 Å². The second kappa shape index (κ2) is 14.0. The molecule has 2 aromatic carbocycles. The Bertz CT molecular complexity index is 2640. The van der Waals surface area contributed by atoms with Crippen LogP contribution < -0.4 is 0 Å². The van der Waals surface area contributed by atoms with Gasteiger partial charge < -0.3 is 5.11 Å². The number of carbonyl (C=O) groups is 1. The Labute approximate surface area is 329 Å². The number of pyridine rings is 1. The number of hydrogen-bond donors (Lipinski definition) is 1. The van der Waals surface area contributed by atoms with Crippen LogP contribution in [0.15, 0.2) is 42.5 Å². The first-order valence-corrected chi connectivity index (χ1v) is 20.9. The van der Waals surface area contributed by atoms with Crippen LogP contribution in [0, 0.1) is 34.8 Å². The van der Waals surface area contributed by atoms with Crippen molar-refractivity contribution in [1.82, 2.24) is 24.5 Å². The average molecular weight is 828 g/mol. The molecule has 1 unspecified atom stereocenters. The molecular weight excluding hydrogens is 792 g/mol. The molecule has 2 fully saturated rings. The first kappa shape index (κ1) is 39.2. The van der Waals surface area contributed by atoms with Crippen LogP contribution in [-0.4, -0.2) is 58.4 Å². The zero-order valence-electron chi connectivity index (χ0n) is 30.8. The summed E-state index contributed by atoms with van der Waals surface area (Å²) in [7, 11) is -0.887. The number of rotatable bonds is 12. The highest BCUT2D eigenvalue weighted by atomic mass is 35.5. The third-order valence-corrected chi connectivity index (χ3v) is 12.2. The summed E-state index contributed by atoms with van der Waals surface area (Å²) in [6.45, 7) is -0.912. The Morgan fingerprint density at radius 2 is 1.79 bits per heavy atom. The zero-order valence-corrected chi connectivity index (χ0v) is 32.3. The molecule has 5 aromatic rings. The molecule has 0 aliphatic heterocycles. The van der Waals surface area contributed by atoms with Gasteiger partial charge >= 0.3 is 0 Å². The Balaban J connectivity index is 1.27. The Morgan fingerprint density at radius 1 is 1.09 bits per heavy atom. The van der Waals surface area contributed by atoms with Gasteiger partial charge in [0.25, 0.3) is 12.3 Å². The molecule has 0 saturated heterocycles. The minimum absolute atomic E-state index is 0.0208. The fourth-order valence-corrected chi connectivity index (χ4v) is 9.22. The van der Waals surface area contributed by atoms with E-state index in [1.54, 1.807) is 36.0 Å². The van der Waals surface area contributed by atoms with Gasteiger partial charge in [-0.1, -0.05) is 23.6 Å². The topological polar surface area (TPSA) is 103 Å². The first-order valence-electron chi connectivity index (χ1n) is 18.2. The summed E-state index contributed by atoms with van der Waals surface area (Å²) in [5.74, 6) is 1.17. The molecule has 3 aliphatic rings. The van der Waals surface area contributed by atoms with Crippen molar-refractivity contribution in [1.29, 1.82) is 0 Å². The van der Waals surface area contributed by atoms with Gasteiger partial charge in [0.2, 0.25) is 0 Å². The zero-order chi connectivity index (χ0) is 40.8. The number of halogens is 7. The number of aliphatic hydroxyl groups is 1. The largest absolute Gasteiger partial charge is 0.395 e. The molecule has 1 N–H and O–H groups in total. The number of hydrogen-bond acceptors (Lipinski definition) is 6. The number of fused-ring (bicyclic) bond motifs is 4. The smallest absolute Gasteiger partial charge is 0.293 e. The molecule has 0 radical (unpaired) electrons. The first-order chi connectivity index (χ1) is 26.9. The molecule has 16 heteroatoms. The molecule has 3 heterocycles. The number of carbonyl (C=O) groups excluding carboxylic acids is 1. The number of ketones is 1. The number of aromatic nitrogens is 5. The fraction of sp³-hybridized carbons (Fsp3) is 0.390. The van der Waals surface area contributed by atoms with Crippen molar-refractivity contribution in [3.05, 3.63) is 98.7 Å². The highest BCUT2D eigenvalue weighted by molar-refractivity contribution is 7.98. The summed E-state index contributed by atoms with van der Waals surface area (Å²) >= 11 is 6.73. The van der Waals surface area contributed by atoms with Gasteiger partial charge in [-0.3, -0.25) is 18.4 Å². The van der Waals surface area contributed by atoms with Crippen molar-refractivity contribution < 1.29 is 40.5 Å². The normalized spacial score (nSPS) is 20.1. The van der Waals surface area contributed by atoms with Crippen molar-refractivity contribution in [2.45, 2.75) is 68.6 Å². The van der Waals surface area contributed by atoms with Crippen molar-refractivity contribution in [2.75, 3.05) is 12.9 Å². The van der Waals surface area contributed by atoms with E-state index in [9.17, 15) is 31.7 Å². The summed E-state index contributed by atoms with van der Waals surface area (Å²) in [5.41, 5.74) is 0.403. The van der Waals surface area contributed by atoms with Crippen molar-refractivity contribution in [2.24, 2.45) is 18.4 Å². The fourth-order valence-electron chi connectivity index (χ4n) is 8.18. The highest BCUT2D eigenvalue weighted by Crippen LogP contribution is 2.68.